The average Bonchev–Trinajstić information content (AvgIpc) is 2.89. The van der Waals surface area contributed by atoms with Crippen LogP contribution in [0.15, 0.2) is 0 Å². The molecule has 7 nitrogen and oxygen atoms in total. The smallest absolute Gasteiger partial charge is 0.282 e. The lowest BCUT2D eigenvalue weighted by Crippen LogP contribution is -2.55. The van der Waals surface area contributed by atoms with Gasteiger partial charge in [-0.1, -0.05) is 0 Å². The zero-order chi connectivity index (χ0) is 13.2. The third kappa shape index (κ3) is 2.51. The van der Waals surface area contributed by atoms with E-state index in [2.05, 4.69) is 10.6 Å². The highest BCUT2D eigenvalue weighted by molar-refractivity contribution is 7.86. The Morgan fingerprint density at radius 1 is 1.28 bits per heavy atom. The zero-order valence-electron chi connectivity index (χ0n) is 10.6. The number of likely N-dealkylation sites (N-methyl/N-ethyl adjacent to an activating group) is 1. The van der Waals surface area contributed by atoms with Crippen LogP contribution in [0.2, 0.25) is 0 Å². The average molecular weight is 276 g/mol. The molecule has 0 bridgehead atoms. The van der Waals surface area contributed by atoms with Crippen molar-refractivity contribution in [2.75, 3.05) is 39.8 Å². The standard InChI is InChI=1S/C10H20N4O3S/c1-11-10(15)9-3-2-6-14(9)18(16,17)13-7-4-12-5-8-13/h9,12H,2-8H2,1H3,(H,11,15). The van der Waals surface area contributed by atoms with Crippen LogP contribution >= 0.6 is 0 Å². The molecule has 2 fully saturated rings. The van der Waals surface area contributed by atoms with Gasteiger partial charge in [-0.15, -0.1) is 0 Å². The highest BCUT2D eigenvalue weighted by Crippen LogP contribution is 2.23. The van der Waals surface area contributed by atoms with Gasteiger partial charge in [-0.3, -0.25) is 4.79 Å². The molecule has 0 aliphatic carbocycles. The van der Waals surface area contributed by atoms with Gasteiger partial charge in [0.05, 0.1) is 0 Å². The molecule has 2 aliphatic heterocycles. The van der Waals surface area contributed by atoms with Crippen LogP contribution in [0.3, 0.4) is 0 Å². The van der Waals surface area contributed by atoms with E-state index in [0.717, 1.165) is 6.42 Å². The van der Waals surface area contributed by atoms with Crippen LogP contribution in [0.5, 0.6) is 0 Å². The Kier molecular flexibility index (Phi) is 4.21. The first kappa shape index (κ1) is 13.7. The summed E-state index contributed by atoms with van der Waals surface area (Å²) in [5, 5.41) is 5.65. The first-order chi connectivity index (χ1) is 8.57. The van der Waals surface area contributed by atoms with Gasteiger partial charge in [-0.05, 0) is 12.8 Å². The highest BCUT2D eigenvalue weighted by atomic mass is 32.2. The second kappa shape index (κ2) is 5.52. The SMILES string of the molecule is CNC(=O)C1CCCN1S(=O)(=O)N1CCNCC1. The predicted molar refractivity (Wildman–Crippen MR) is 67.2 cm³/mol. The molecule has 2 aliphatic rings. The van der Waals surface area contributed by atoms with E-state index in [1.165, 1.54) is 15.7 Å². The number of hydrogen-bond acceptors (Lipinski definition) is 4. The van der Waals surface area contributed by atoms with Crippen molar-refractivity contribution < 1.29 is 13.2 Å². The molecule has 1 unspecified atom stereocenters. The Hall–Kier alpha value is -0.700. The molecule has 2 rings (SSSR count). The molecule has 2 heterocycles. The van der Waals surface area contributed by atoms with Gasteiger partial charge in [-0.25, -0.2) is 0 Å². The normalized spacial score (nSPS) is 27.3. The number of hydrogen-bond donors (Lipinski definition) is 2. The van der Waals surface area contributed by atoms with E-state index in [-0.39, 0.29) is 5.91 Å². The number of amides is 1. The predicted octanol–water partition coefficient (Wildman–Crippen LogP) is -1.65. The molecule has 2 saturated heterocycles. The maximum Gasteiger partial charge on any atom is 0.282 e. The number of nitrogens with zero attached hydrogens (tertiary/aromatic N) is 2. The van der Waals surface area contributed by atoms with Gasteiger partial charge in [0, 0.05) is 39.8 Å². The van der Waals surface area contributed by atoms with Crippen molar-refractivity contribution in [2.45, 2.75) is 18.9 Å². The van der Waals surface area contributed by atoms with E-state index >= 15 is 0 Å². The molecule has 104 valence electrons. The maximum absolute atomic E-state index is 12.5. The summed E-state index contributed by atoms with van der Waals surface area (Å²) in [7, 11) is -1.96. The minimum absolute atomic E-state index is 0.216. The Morgan fingerprint density at radius 2 is 1.94 bits per heavy atom. The van der Waals surface area contributed by atoms with E-state index in [4.69, 9.17) is 0 Å². The molecule has 0 aromatic heterocycles. The van der Waals surface area contributed by atoms with E-state index in [1.54, 1.807) is 0 Å². The first-order valence-corrected chi connectivity index (χ1v) is 7.66. The van der Waals surface area contributed by atoms with Crippen molar-refractivity contribution >= 4 is 16.1 Å². The lowest BCUT2D eigenvalue weighted by Gasteiger charge is -2.32. The van der Waals surface area contributed by atoms with Crippen LogP contribution < -0.4 is 10.6 Å². The van der Waals surface area contributed by atoms with Gasteiger partial charge in [0.25, 0.3) is 10.2 Å². The maximum atomic E-state index is 12.5. The molecule has 1 amide bonds. The van der Waals surface area contributed by atoms with Crippen molar-refractivity contribution in [3.63, 3.8) is 0 Å². The minimum Gasteiger partial charge on any atom is -0.358 e. The lowest BCUT2D eigenvalue weighted by atomic mass is 10.2. The second-order valence-electron chi connectivity index (χ2n) is 4.54. The van der Waals surface area contributed by atoms with E-state index in [9.17, 15) is 13.2 Å². The fraction of sp³-hybridized carbons (Fsp3) is 0.900. The quantitative estimate of drug-likeness (QED) is 0.647. The number of piperazine rings is 1. The molecular formula is C10H20N4O3S. The van der Waals surface area contributed by atoms with Crippen molar-refractivity contribution in [2.24, 2.45) is 0 Å². The third-order valence-electron chi connectivity index (χ3n) is 3.45. The monoisotopic (exact) mass is 276 g/mol. The largest absolute Gasteiger partial charge is 0.358 e. The van der Waals surface area contributed by atoms with Gasteiger partial charge in [0.2, 0.25) is 5.91 Å². The summed E-state index contributed by atoms with van der Waals surface area (Å²) in [6.07, 6.45) is 1.34. The van der Waals surface area contributed by atoms with Gasteiger partial charge < -0.3 is 10.6 Å². The van der Waals surface area contributed by atoms with Crippen molar-refractivity contribution in [3.05, 3.63) is 0 Å². The zero-order valence-corrected chi connectivity index (χ0v) is 11.4. The summed E-state index contributed by atoms with van der Waals surface area (Å²) in [6, 6.07) is -0.546. The van der Waals surface area contributed by atoms with Crippen molar-refractivity contribution in [3.8, 4) is 0 Å². The highest BCUT2D eigenvalue weighted by Gasteiger charge is 2.41. The van der Waals surface area contributed by atoms with Crippen molar-refractivity contribution in [1.29, 1.82) is 0 Å². The molecule has 18 heavy (non-hydrogen) atoms. The van der Waals surface area contributed by atoms with Crippen LogP contribution in [-0.4, -0.2) is 68.7 Å². The molecular weight excluding hydrogens is 256 g/mol. The molecule has 0 spiro atoms. The van der Waals surface area contributed by atoms with Crippen LogP contribution in [0.4, 0.5) is 0 Å². The van der Waals surface area contributed by atoms with Crippen LogP contribution in [0.1, 0.15) is 12.8 Å². The van der Waals surface area contributed by atoms with E-state index < -0.39 is 16.3 Å². The molecule has 0 saturated carbocycles. The van der Waals surface area contributed by atoms with Gasteiger partial charge in [-0.2, -0.15) is 17.0 Å². The summed E-state index contributed by atoms with van der Waals surface area (Å²) in [4.78, 5) is 11.7. The number of carbonyl (C=O) groups excluding carboxylic acids is 1. The van der Waals surface area contributed by atoms with E-state index in [1.807, 2.05) is 0 Å². The topological polar surface area (TPSA) is 81.8 Å². The second-order valence-corrected chi connectivity index (χ2v) is 6.42. The molecule has 8 heteroatoms. The minimum atomic E-state index is -3.50. The Balaban J connectivity index is 2.15. The molecule has 1 atom stereocenters. The summed E-state index contributed by atoms with van der Waals surface area (Å²) in [5.41, 5.74) is 0. The van der Waals surface area contributed by atoms with Crippen molar-refractivity contribution in [1.82, 2.24) is 19.2 Å². The Labute approximate surface area is 108 Å². The van der Waals surface area contributed by atoms with Crippen LogP contribution in [-0.2, 0) is 15.0 Å². The fourth-order valence-corrected chi connectivity index (χ4v) is 4.29. The lowest BCUT2D eigenvalue weighted by molar-refractivity contribution is -0.123. The van der Waals surface area contributed by atoms with Gasteiger partial charge in [0.15, 0.2) is 0 Å². The summed E-state index contributed by atoms with van der Waals surface area (Å²) in [6.45, 7) is 2.71. The third-order valence-corrected chi connectivity index (χ3v) is 5.50. The number of rotatable bonds is 3. The summed E-state index contributed by atoms with van der Waals surface area (Å²) < 4.78 is 27.7. The summed E-state index contributed by atoms with van der Waals surface area (Å²) >= 11 is 0. The first-order valence-electron chi connectivity index (χ1n) is 6.26. The number of nitrogens with one attached hydrogen (secondary N) is 2. The molecule has 2 N–H and O–H groups in total. The molecule has 0 aromatic carbocycles. The van der Waals surface area contributed by atoms with E-state index in [0.29, 0.717) is 39.1 Å². The summed E-state index contributed by atoms with van der Waals surface area (Å²) in [5.74, 6) is -0.216. The Morgan fingerprint density at radius 3 is 2.56 bits per heavy atom. The number of carbonyl (C=O) groups is 1. The van der Waals surface area contributed by atoms with Crippen LogP contribution in [0, 0.1) is 0 Å². The van der Waals surface area contributed by atoms with Crippen LogP contribution in [0.25, 0.3) is 0 Å². The fourth-order valence-electron chi connectivity index (χ4n) is 2.47. The molecule has 0 aromatic rings. The van der Waals surface area contributed by atoms with Gasteiger partial charge >= 0.3 is 0 Å². The molecule has 0 radical (unpaired) electrons. The Bertz CT molecular complexity index is 405. The van der Waals surface area contributed by atoms with Gasteiger partial charge in [0.1, 0.15) is 6.04 Å².